The molecule has 0 saturated carbocycles. The van der Waals surface area contributed by atoms with E-state index in [4.69, 9.17) is 0 Å². The number of hydrogen-bond donors (Lipinski definition) is 1. The fourth-order valence-corrected chi connectivity index (χ4v) is 3.04. The Bertz CT molecular complexity index is 654. The smallest absolute Gasteiger partial charge is 0.251 e. The van der Waals surface area contributed by atoms with Gasteiger partial charge in [-0.2, -0.15) is 0 Å². The Balaban J connectivity index is 1.48. The van der Waals surface area contributed by atoms with E-state index in [1.165, 1.54) is 11.1 Å². The second-order valence-electron chi connectivity index (χ2n) is 5.56. The van der Waals surface area contributed by atoms with E-state index in [0.29, 0.717) is 12.1 Å². The zero-order valence-corrected chi connectivity index (χ0v) is 14.0. The van der Waals surface area contributed by atoms with Crippen LogP contribution in [0, 0.1) is 0 Å². The molecule has 0 unspecified atom stereocenters. The van der Waals surface area contributed by atoms with Crippen LogP contribution in [0.25, 0.3) is 0 Å². The van der Waals surface area contributed by atoms with Gasteiger partial charge in [0.05, 0.1) is 0 Å². The maximum absolute atomic E-state index is 12.1. The molecule has 2 aromatic carbocycles. The van der Waals surface area contributed by atoms with Crippen molar-refractivity contribution in [1.82, 2.24) is 10.2 Å². The van der Waals surface area contributed by atoms with E-state index in [1.54, 1.807) is 0 Å². The van der Waals surface area contributed by atoms with E-state index in [9.17, 15) is 4.79 Å². The number of carbonyl (C=O) groups excluding carboxylic acids is 1. The molecule has 1 N–H and O–H groups in total. The molecule has 1 heterocycles. The average Bonchev–Trinajstić information content (AvgIpc) is 2.55. The number of carbonyl (C=O) groups is 1. The summed E-state index contributed by atoms with van der Waals surface area (Å²) in [7, 11) is 0. The first kappa shape index (κ1) is 15.3. The molecule has 0 aromatic heterocycles. The van der Waals surface area contributed by atoms with Gasteiger partial charge in [-0.15, -0.1) is 0 Å². The summed E-state index contributed by atoms with van der Waals surface area (Å²) in [6, 6.07) is 16.0. The van der Waals surface area contributed by atoms with Gasteiger partial charge in [0.25, 0.3) is 5.91 Å². The largest absolute Gasteiger partial charge is 0.351 e. The van der Waals surface area contributed by atoms with Crippen molar-refractivity contribution in [3.8, 4) is 0 Å². The van der Waals surface area contributed by atoms with Gasteiger partial charge >= 0.3 is 0 Å². The average molecular weight is 359 g/mol. The van der Waals surface area contributed by atoms with Crippen LogP contribution in [0.15, 0.2) is 53.0 Å². The van der Waals surface area contributed by atoms with Gasteiger partial charge in [0, 0.05) is 36.2 Å². The number of hydrogen-bond acceptors (Lipinski definition) is 2. The molecule has 22 heavy (non-hydrogen) atoms. The first-order chi connectivity index (χ1) is 10.7. The number of halogens is 1. The third kappa shape index (κ3) is 3.76. The maximum Gasteiger partial charge on any atom is 0.251 e. The van der Waals surface area contributed by atoms with Crippen LogP contribution in [-0.2, 0) is 13.0 Å². The summed E-state index contributed by atoms with van der Waals surface area (Å²) in [5, 5.41) is 2.99. The summed E-state index contributed by atoms with van der Waals surface area (Å²) >= 11 is 3.37. The standard InChI is InChI=1S/C18H19BrN2O/c19-17-7-5-15(6-8-17)18(22)20-10-12-21-11-9-14-3-1-2-4-16(14)13-21/h1-8H,9-13H2,(H,20,22). The van der Waals surface area contributed by atoms with E-state index in [1.807, 2.05) is 24.3 Å². The second-order valence-corrected chi connectivity index (χ2v) is 6.47. The van der Waals surface area contributed by atoms with E-state index < -0.39 is 0 Å². The normalized spacial score (nSPS) is 14.4. The van der Waals surface area contributed by atoms with Crippen molar-refractivity contribution in [3.05, 3.63) is 69.7 Å². The molecule has 0 bridgehead atoms. The van der Waals surface area contributed by atoms with Gasteiger partial charge in [0.15, 0.2) is 0 Å². The molecule has 1 aliphatic rings. The Morgan fingerprint density at radius 1 is 1.09 bits per heavy atom. The fraction of sp³-hybridized carbons (Fsp3) is 0.278. The highest BCUT2D eigenvalue weighted by Gasteiger charge is 2.15. The van der Waals surface area contributed by atoms with Crippen LogP contribution in [0.5, 0.6) is 0 Å². The van der Waals surface area contributed by atoms with Gasteiger partial charge in [0.2, 0.25) is 0 Å². The Labute approximate surface area is 139 Å². The number of nitrogens with zero attached hydrogens (tertiary/aromatic N) is 1. The Morgan fingerprint density at radius 3 is 2.59 bits per heavy atom. The molecule has 114 valence electrons. The molecule has 0 atom stereocenters. The molecule has 2 aromatic rings. The predicted octanol–water partition coefficient (Wildman–Crippen LogP) is 3.24. The van der Waals surface area contributed by atoms with Crippen molar-refractivity contribution >= 4 is 21.8 Å². The van der Waals surface area contributed by atoms with Gasteiger partial charge in [-0.1, -0.05) is 40.2 Å². The van der Waals surface area contributed by atoms with Crippen molar-refractivity contribution in [2.45, 2.75) is 13.0 Å². The van der Waals surface area contributed by atoms with E-state index in [2.05, 4.69) is 50.4 Å². The number of nitrogens with one attached hydrogen (secondary N) is 1. The molecule has 1 aliphatic heterocycles. The summed E-state index contributed by atoms with van der Waals surface area (Å²) in [5.41, 5.74) is 3.57. The molecule has 1 amide bonds. The van der Waals surface area contributed by atoms with E-state index in [0.717, 1.165) is 30.5 Å². The highest BCUT2D eigenvalue weighted by atomic mass is 79.9. The molecule has 0 aliphatic carbocycles. The molecular weight excluding hydrogens is 340 g/mol. The molecule has 0 spiro atoms. The third-order valence-corrected chi connectivity index (χ3v) is 4.56. The zero-order chi connectivity index (χ0) is 15.4. The second kappa shape index (κ2) is 7.07. The molecule has 0 saturated heterocycles. The van der Waals surface area contributed by atoms with Gasteiger partial charge in [-0.3, -0.25) is 9.69 Å². The molecule has 3 rings (SSSR count). The molecular formula is C18H19BrN2O. The topological polar surface area (TPSA) is 32.3 Å². The summed E-state index contributed by atoms with van der Waals surface area (Å²) in [5.74, 6) is -0.00934. The van der Waals surface area contributed by atoms with Crippen LogP contribution >= 0.6 is 15.9 Å². The van der Waals surface area contributed by atoms with Crippen LogP contribution in [0.1, 0.15) is 21.5 Å². The summed E-state index contributed by atoms with van der Waals surface area (Å²) < 4.78 is 0.982. The third-order valence-electron chi connectivity index (χ3n) is 4.03. The summed E-state index contributed by atoms with van der Waals surface area (Å²) in [4.78, 5) is 14.4. The quantitative estimate of drug-likeness (QED) is 0.909. The summed E-state index contributed by atoms with van der Waals surface area (Å²) in [6.45, 7) is 3.60. The van der Waals surface area contributed by atoms with Crippen molar-refractivity contribution in [1.29, 1.82) is 0 Å². The summed E-state index contributed by atoms with van der Waals surface area (Å²) in [6.07, 6.45) is 1.09. The van der Waals surface area contributed by atoms with Crippen molar-refractivity contribution in [2.24, 2.45) is 0 Å². The van der Waals surface area contributed by atoms with E-state index >= 15 is 0 Å². The number of amides is 1. The SMILES string of the molecule is O=C(NCCN1CCc2ccccc2C1)c1ccc(Br)cc1. The highest BCUT2D eigenvalue weighted by molar-refractivity contribution is 9.10. The minimum Gasteiger partial charge on any atom is -0.351 e. The lowest BCUT2D eigenvalue weighted by Gasteiger charge is -2.28. The molecule has 3 nitrogen and oxygen atoms in total. The minimum absolute atomic E-state index is 0.00934. The first-order valence-electron chi connectivity index (χ1n) is 7.55. The van der Waals surface area contributed by atoms with Crippen LogP contribution in [0.3, 0.4) is 0 Å². The number of fused-ring (bicyclic) bond motifs is 1. The maximum atomic E-state index is 12.1. The molecule has 4 heteroatoms. The van der Waals surface area contributed by atoms with Crippen LogP contribution in [-0.4, -0.2) is 30.4 Å². The monoisotopic (exact) mass is 358 g/mol. The zero-order valence-electron chi connectivity index (χ0n) is 12.4. The molecule has 0 radical (unpaired) electrons. The van der Waals surface area contributed by atoms with E-state index in [-0.39, 0.29) is 5.91 Å². The lowest BCUT2D eigenvalue weighted by atomic mass is 10.00. The highest BCUT2D eigenvalue weighted by Crippen LogP contribution is 2.17. The molecule has 0 fully saturated rings. The Hall–Kier alpha value is -1.65. The minimum atomic E-state index is -0.00934. The predicted molar refractivity (Wildman–Crippen MR) is 91.9 cm³/mol. The van der Waals surface area contributed by atoms with Gasteiger partial charge < -0.3 is 5.32 Å². The van der Waals surface area contributed by atoms with Crippen LogP contribution < -0.4 is 5.32 Å². The van der Waals surface area contributed by atoms with Gasteiger partial charge in [-0.25, -0.2) is 0 Å². The van der Waals surface area contributed by atoms with Gasteiger partial charge in [0.1, 0.15) is 0 Å². The van der Waals surface area contributed by atoms with Crippen LogP contribution in [0.2, 0.25) is 0 Å². The first-order valence-corrected chi connectivity index (χ1v) is 8.34. The van der Waals surface area contributed by atoms with Crippen molar-refractivity contribution in [3.63, 3.8) is 0 Å². The van der Waals surface area contributed by atoms with Gasteiger partial charge in [-0.05, 0) is 41.8 Å². The Morgan fingerprint density at radius 2 is 1.82 bits per heavy atom. The number of benzene rings is 2. The Kier molecular flexibility index (Phi) is 4.90. The van der Waals surface area contributed by atoms with Crippen molar-refractivity contribution in [2.75, 3.05) is 19.6 Å². The van der Waals surface area contributed by atoms with Crippen LogP contribution in [0.4, 0.5) is 0 Å². The lowest BCUT2D eigenvalue weighted by molar-refractivity contribution is 0.0947. The van der Waals surface area contributed by atoms with Crippen molar-refractivity contribution < 1.29 is 4.79 Å². The number of rotatable bonds is 4. The fourth-order valence-electron chi connectivity index (χ4n) is 2.78. The lowest BCUT2D eigenvalue weighted by Crippen LogP contribution is -2.37.